The van der Waals surface area contributed by atoms with Crippen LogP contribution in [0.3, 0.4) is 0 Å². The van der Waals surface area contributed by atoms with E-state index in [1.807, 2.05) is 0 Å². The number of nitrogens with one attached hydrogen (secondary N) is 1. The normalized spacial score (nSPS) is 31.9. The lowest BCUT2D eigenvalue weighted by atomic mass is 9.93. The van der Waals surface area contributed by atoms with E-state index in [-0.39, 0.29) is 6.61 Å². The molecule has 1 saturated heterocycles. The van der Waals surface area contributed by atoms with Gasteiger partial charge in [-0.05, 0) is 12.8 Å². The molecule has 1 saturated carbocycles. The van der Waals surface area contributed by atoms with Gasteiger partial charge in [-0.1, -0.05) is 19.3 Å². The molecule has 82 valence electrons. The van der Waals surface area contributed by atoms with Gasteiger partial charge in [-0.25, -0.2) is 0 Å². The summed E-state index contributed by atoms with van der Waals surface area (Å²) in [6.45, 7) is 3.53. The van der Waals surface area contributed by atoms with Crippen molar-refractivity contribution >= 4 is 0 Å². The van der Waals surface area contributed by atoms with Crippen LogP contribution >= 0.6 is 0 Å². The van der Waals surface area contributed by atoms with Crippen LogP contribution in [0.5, 0.6) is 0 Å². The summed E-state index contributed by atoms with van der Waals surface area (Å²) in [6.07, 6.45) is 6.97. The van der Waals surface area contributed by atoms with Gasteiger partial charge in [0, 0.05) is 31.7 Å². The monoisotopic (exact) mass is 198 g/mol. The van der Waals surface area contributed by atoms with Crippen LogP contribution in [0.25, 0.3) is 0 Å². The molecule has 0 aromatic carbocycles. The van der Waals surface area contributed by atoms with Gasteiger partial charge in [-0.2, -0.15) is 0 Å². The maximum Gasteiger partial charge on any atom is 0.0597 e. The highest BCUT2D eigenvalue weighted by Gasteiger charge is 2.25. The molecule has 1 aliphatic carbocycles. The van der Waals surface area contributed by atoms with Gasteiger partial charge in [0.15, 0.2) is 0 Å². The van der Waals surface area contributed by atoms with Crippen LogP contribution < -0.4 is 5.32 Å². The average Bonchev–Trinajstić information content (AvgIpc) is 2.30. The number of piperazine rings is 1. The van der Waals surface area contributed by atoms with Gasteiger partial charge in [0.25, 0.3) is 0 Å². The van der Waals surface area contributed by atoms with Crippen molar-refractivity contribution in [2.75, 3.05) is 26.2 Å². The van der Waals surface area contributed by atoms with Gasteiger partial charge in [-0.15, -0.1) is 0 Å². The first-order valence-electron chi connectivity index (χ1n) is 5.98. The van der Waals surface area contributed by atoms with Crippen molar-refractivity contribution in [3.05, 3.63) is 0 Å². The van der Waals surface area contributed by atoms with Gasteiger partial charge in [0.05, 0.1) is 6.61 Å². The van der Waals surface area contributed by atoms with E-state index < -0.39 is 0 Å². The quantitative estimate of drug-likeness (QED) is 0.681. The van der Waals surface area contributed by atoms with Crippen LogP contribution in [0.4, 0.5) is 0 Å². The van der Waals surface area contributed by atoms with Gasteiger partial charge in [0.2, 0.25) is 0 Å². The lowest BCUT2D eigenvalue weighted by molar-refractivity contribution is 0.0933. The molecule has 14 heavy (non-hydrogen) atoms. The Morgan fingerprint density at radius 2 is 2.00 bits per heavy atom. The van der Waals surface area contributed by atoms with E-state index in [9.17, 15) is 0 Å². The first kappa shape index (κ1) is 10.4. The minimum atomic E-state index is 0.281. The number of nitrogens with zero attached hydrogens (tertiary/aromatic N) is 1. The molecule has 3 heteroatoms. The van der Waals surface area contributed by atoms with E-state index in [0.29, 0.717) is 6.04 Å². The van der Waals surface area contributed by atoms with Gasteiger partial charge < -0.3 is 10.4 Å². The molecule has 0 aromatic rings. The third-order valence-corrected chi connectivity index (χ3v) is 3.60. The largest absolute Gasteiger partial charge is 0.395 e. The minimum Gasteiger partial charge on any atom is -0.395 e. The van der Waals surface area contributed by atoms with Crippen LogP contribution in [-0.2, 0) is 0 Å². The lowest BCUT2D eigenvalue weighted by Crippen LogP contribution is -2.55. The number of rotatable bonds is 2. The minimum absolute atomic E-state index is 0.281. The number of hydrogen-bond acceptors (Lipinski definition) is 3. The Morgan fingerprint density at radius 3 is 2.71 bits per heavy atom. The highest BCUT2D eigenvalue weighted by atomic mass is 16.3. The maximum atomic E-state index is 9.12. The van der Waals surface area contributed by atoms with Crippen LogP contribution in [-0.4, -0.2) is 48.3 Å². The molecule has 3 nitrogen and oxygen atoms in total. The first-order chi connectivity index (χ1) is 6.90. The van der Waals surface area contributed by atoms with E-state index >= 15 is 0 Å². The van der Waals surface area contributed by atoms with Crippen molar-refractivity contribution < 1.29 is 5.11 Å². The lowest BCUT2D eigenvalue weighted by Gasteiger charge is -2.40. The van der Waals surface area contributed by atoms with Gasteiger partial charge in [0.1, 0.15) is 0 Å². The Hall–Kier alpha value is -0.120. The molecule has 2 rings (SSSR count). The van der Waals surface area contributed by atoms with E-state index in [1.165, 1.54) is 38.6 Å². The average molecular weight is 198 g/mol. The summed E-state index contributed by atoms with van der Waals surface area (Å²) in [5.74, 6) is 0. The number of hydrogen-bond donors (Lipinski definition) is 2. The summed E-state index contributed by atoms with van der Waals surface area (Å²) in [6, 6.07) is 1.12. The fourth-order valence-electron chi connectivity index (χ4n) is 2.75. The standard InChI is InChI=1S/C11H22N2O/c14-9-10-8-13(7-6-12-10)11-4-2-1-3-5-11/h10-12,14H,1-9H2. The van der Waals surface area contributed by atoms with E-state index in [1.54, 1.807) is 0 Å². The molecule has 2 fully saturated rings. The van der Waals surface area contributed by atoms with Crippen molar-refractivity contribution in [2.45, 2.75) is 44.2 Å². The Balaban J connectivity index is 1.83. The van der Waals surface area contributed by atoms with Crippen LogP contribution in [0.1, 0.15) is 32.1 Å². The van der Waals surface area contributed by atoms with E-state index in [0.717, 1.165) is 19.1 Å². The van der Waals surface area contributed by atoms with Crippen molar-refractivity contribution in [2.24, 2.45) is 0 Å². The van der Waals surface area contributed by atoms with Crippen molar-refractivity contribution in [1.29, 1.82) is 0 Å². The van der Waals surface area contributed by atoms with Crippen molar-refractivity contribution in [3.63, 3.8) is 0 Å². The highest BCUT2D eigenvalue weighted by molar-refractivity contribution is 4.84. The second kappa shape index (κ2) is 5.10. The Bertz CT molecular complexity index is 169. The molecular formula is C11H22N2O. The predicted octanol–water partition coefficient (Wildman–Crippen LogP) is 0.585. The van der Waals surface area contributed by atoms with E-state index in [2.05, 4.69) is 10.2 Å². The molecular weight excluding hydrogens is 176 g/mol. The van der Waals surface area contributed by atoms with Crippen LogP contribution in [0, 0.1) is 0 Å². The Kier molecular flexibility index (Phi) is 3.79. The van der Waals surface area contributed by atoms with Gasteiger partial charge >= 0.3 is 0 Å². The van der Waals surface area contributed by atoms with Gasteiger partial charge in [-0.3, -0.25) is 4.90 Å². The molecule has 1 unspecified atom stereocenters. The predicted molar refractivity (Wildman–Crippen MR) is 57.3 cm³/mol. The Labute approximate surface area is 86.5 Å². The second-order valence-corrected chi connectivity index (χ2v) is 4.62. The zero-order valence-electron chi connectivity index (χ0n) is 8.91. The summed E-state index contributed by atoms with van der Waals surface area (Å²) in [4.78, 5) is 2.58. The smallest absolute Gasteiger partial charge is 0.0597 e. The fourth-order valence-corrected chi connectivity index (χ4v) is 2.75. The zero-order valence-corrected chi connectivity index (χ0v) is 8.91. The molecule has 2 N–H and O–H groups in total. The second-order valence-electron chi connectivity index (χ2n) is 4.62. The highest BCUT2D eigenvalue weighted by Crippen LogP contribution is 2.23. The molecule has 0 bridgehead atoms. The molecule has 1 atom stereocenters. The van der Waals surface area contributed by atoms with Crippen molar-refractivity contribution in [3.8, 4) is 0 Å². The maximum absolute atomic E-state index is 9.12. The Morgan fingerprint density at radius 1 is 1.21 bits per heavy atom. The summed E-state index contributed by atoms with van der Waals surface area (Å²) < 4.78 is 0. The summed E-state index contributed by atoms with van der Waals surface area (Å²) >= 11 is 0. The van der Waals surface area contributed by atoms with Crippen molar-refractivity contribution in [1.82, 2.24) is 10.2 Å². The third kappa shape index (κ3) is 2.47. The topological polar surface area (TPSA) is 35.5 Å². The molecule has 0 spiro atoms. The van der Waals surface area contributed by atoms with Crippen LogP contribution in [0.2, 0.25) is 0 Å². The van der Waals surface area contributed by atoms with Crippen LogP contribution in [0.15, 0.2) is 0 Å². The first-order valence-corrected chi connectivity index (χ1v) is 5.98. The summed E-state index contributed by atoms with van der Waals surface area (Å²) in [5, 5.41) is 12.5. The molecule has 0 aromatic heterocycles. The molecule has 0 radical (unpaired) electrons. The fraction of sp³-hybridized carbons (Fsp3) is 1.00. The summed E-state index contributed by atoms with van der Waals surface area (Å²) in [7, 11) is 0. The zero-order chi connectivity index (χ0) is 9.80. The third-order valence-electron chi connectivity index (χ3n) is 3.60. The number of aliphatic hydroxyl groups excluding tert-OH is 1. The van der Waals surface area contributed by atoms with E-state index in [4.69, 9.17) is 5.11 Å². The SMILES string of the molecule is OCC1CN(C2CCCCC2)CCN1. The summed E-state index contributed by atoms with van der Waals surface area (Å²) in [5.41, 5.74) is 0. The molecule has 1 heterocycles. The molecule has 0 amide bonds. The number of aliphatic hydroxyl groups is 1. The molecule has 2 aliphatic rings. The molecule has 1 aliphatic heterocycles.